The van der Waals surface area contributed by atoms with Gasteiger partial charge in [0.05, 0.1) is 18.8 Å². The van der Waals surface area contributed by atoms with Crippen molar-refractivity contribution in [3.8, 4) is 0 Å². The number of hydrogen-bond acceptors (Lipinski definition) is 5. The van der Waals surface area contributed by atoms with E-state index < -0.39 is 0 Å². The Morgan fingerprint density at radius 1 is 1.41 bits per heavy atom. The van der Waals surface area contributed by atoms with Crippen LogP contribution in [0, 0.1) is 0 Å². The summed E-state index contributed by atoms with van der Waals surface area (Å²) in [6, 6.07) is 0. The summed E-state index contributed by atoms with van der Waals surface area (Å²) in [4.78, 5) is 2.21. The Morgan fingerprint density at radius 2 is 2.18 bits per heavy atom. The number of aliphatic hydroxyl groups excluding tert-OH is 1. The Kier molecular flexibility index (Phi) is 6.76. The predicted octanol–water partition coefficient (Wildman–Crippen LogP) is -0.430. The van der Waals surface area contributed by atoms with Gasteiger partial charge in [-0.25, -0.2) is 0 Å². The molecule has 6 heteroatoms. The van der Waals surface area contributed by atoms with E-state index in [1.807, 2.05) is 6.20 Å². The highest BCUT2D eigenvalue weighted by molar-refractivity contribution is 4.67. The molecule has 0 aliphatic carbocycles. The highest BCUT2D eigenvalue weighted by Crippen LogP contribution is 1.91. The SMILES string of the molecule is CCN(CC)CC(O)CNCCn1ccnn1. The monoisotopic (exact) mass is 241 g/mol. The van der Waals surface area contributed by atoms with E-state index in [0.29, 0.717) is 6.54 Å². The van der Waals surface area contributed by atoms with Gasteiger partial charge in [-0.15, -0.1) is 5.10 Å². The van der Waals surface area contributed by atoms with Gasteiger partial charge in [-0.1, -0.05) is 19.1 Å². The number of aliphatic hydroxyl groups is 1. The first kappa shape index (κ1) is 14.1. The maximum Gasteiger partial charge on any atom is 0.0791 e. The average molecular weight is 241 g/mol. The third-order valence-electron chi connectivity index (χ3n) is 2.73. The summed E-state index contributed by atoms with van der Waals surface area (Å²) in [5.41, 5.74) is 0. The molecule has 0 spiro atoms. The second-order valence-electron chi connectivity index (χ2n) is 4.01. The van der Waals surface area contributed by atoms with Gasteiger partial charge in [-0.05, 0) is 13.1 Å². The van der Waals surface area contributed by atoms with Crippen molar-refractivity contribution in [2.75, 3.05) is 32.7 Å². The minimum Gasteiger partial charge on any atom is -0.390 e. The van der Waals surface area contributed by atoms with Crippen LogP contribution in [-0.4, -0.2) is 63.8 Å². The molecule has 1 unspecified atom stereocenters. The van der Waals surface area contributed by atoms with Crippen molar-refractivity contribution in [2.45, 2.75) is 26.5 Å². The summed E-state index contributed by atoms with van der Waals surface area (Å²) in [6.07, 6.45) is 3.18. The molecule has 2 N–H and O–H groups in total. The Balaban J connectivity index is 2.05. The molecule has 0 aliphatic heterocycles. The fourth-order valence-electron chi connectivity index (χ4n) is 1.66. The molecular weight excluding hydrogens is 218 g/mol. The van der Waals surface area contributed by atoms with Crippen molar-refractivity contribution >= 4 is 0 Å². The van der Waals surface area contributed by atoms with Crippen LogP contribution in [0.2, 0.25) is 0 Å². The Hall–Kier alpha value is -0.980. The summed E-state index contributed by atoms with van der Waals surface area (Å²) in [6.45, 7) is 9.08. The number of nitrogens with zero attached hydrogens (tertiary/aromatic N) is 4. The minimum atomic E-state index is -0.314. The fraction of sp³-hybridized carbons (Fsp3) is 0.818. The average Bonchev–Trinajstić information content (AvgIpc) is 2.84. The van der Waals surface area contributed by atoms with Crippen LogP contribution in [0.1, 0.15) is 13.8 Å². The number of aromatic nitrogens is 3. The molecule has 1 aromatic heterocycles. The van der Waals surface area contributed by atoms with E-state index in [1.165, 1.54) is 0 Å². The highest BCUT2D eigenvalue weighted by atomic mass is 16.3. The van der Waals surface area contributed by atoms with Crippen LogP contribution in [0.4, 0.5) is 0 Å². The van der Waals surface area contributed by atoms with Crippen molar-refractivity contribution < 1.29 is 5.11 Å². The first-order valence-electron chi connectivity index (χ1n) is 6.21. The summed E-state index contributed by atoms with van der Waals surface area (Å²) in [5.74, 6) is 0. The zero-order valence-corrected chi connectivity index (χ0v) is 10.7. The van der Waals surface area contributed by atoms with Gasteiger partial charge in [-0.3, -0.25) is 4.68 Å². The molecule has 0 radical (unpaired) electrons. The largest absolute Gasteiger partial charge is 0.390 e. The van der Waals surface area contributed by atoms with Crippen LogP contribution in [0.5, 0.6) is 0 Å². The smallest absolute Gasteiger partial charge is 0.0791 e. The number of hydrogen-bond donors (Lipinski definition) is 2. The van der Waals surface area contributed by atoms with E-state index in [4.69, 9.17) is 0 Å². The summed E-state index contributed by atoms with van der Waals surface area (Å²) in [7, 11) is 0. The van der Waals surface area contributed by atoms with Gasteiger partial charge < -0.3 is 15.3 Å². The number of rotatable bonds is 9. The third-order valence-corrected chi connectivity index (χ3v) is 2.73. The molecule has 0 aliphatic rings. The molecule has 0 aromatic carbocycles. The van der Waals surface area contributed by atoms with Gasteiger partial charge in [0.25, 0.3) is 0 Å². The van der Waals surface area contributed by atoms with E-state index in [-0.39, 0.29) is 6.10 Å². The third kappa shape index (κ3) is 5.76. The predicted molar refractivity (Wildman–Crippen MR) is 66.7 cm³/mol. The fourth-order valence-corrected chi connectivity index (χ4v) is 1.66. The summed E-state index contributed by atoms with van der Waals surface area (Å²) < 4.78 is 1.77. The molecule has 1 atom stereocenters. The van der Waals surface area contributed by atoms with Crippen LogP contribution in [-0.2, 0) is 6.54 Å². The lowest BCUT2D eigenvalue weighted by Crippen LogP contribution is -2.39. The van der Waals surface area contributed by atoms with Crippen molar-refractivity contribution in [3.63, 3.8) is 0 Å². The Bertz CT molecular complexity index is 273. The number of nitrogens with one attached hydrogen (secondary N) is 1. The summed E-state index contributed by atoms with van der Waals surface area (Å²) >= 11 is 0. The molecule has 1 aromatic rings. The van der Waals surface area contributed by atoms with Gasteiger partial charge in [-0.2, -0.15) is 0 Å². The van der Waals surface area contributed by atoms with Crippen LogP contribution < -0.4 is 5.32 Å². The molecule has 1 rings (SSSR count). The Morgan fingerprint density at radius 3 is 2.76 bits per heavy atom. The van der Waals surface area contributed by atoms with Crippen molar-refractivity contribution in [1.82, 2.24) is 25.2 Å². The lowest BCUT2D eigenvalue weighted by atomic mass is 10.3. The molecule has 0 bridgehead atoms. The van der Waals surface area contributed by atoms with Crippen LogP contribution in [0.25, 0.3) is 0 Å². The van der Waals surface area contributed by atoms with E-state index in [9.17, 15) is 5.11 Å². The molecule has 1 heterocycles. The van der Waals surface area contributed by atoms with Gasteiger partial charge in [0.1, 0.15) is 0 Å². The van der Waals surface area contributed by atoms with Gasteiger partial charge >= 0.3 is 0 Å². The first-order chi connectivity index (χ1) is 8.26. The van der Waals surface area contributed by atoms with Crippen molar-refractivity contribution in [3.05, 3.63) is 12.4 Å². The zero-order valence-electron chi connectivity index (χ0n) is 10.7. The van der Waals surface area contributed by atoms with Gasteiger partial charge in [0.2, 0.25) is 0 Å². The Labute approximate surface area is 103 Å². The maximum atomic E-state index is 9.80. The summed E-state index contributed by atoms with van der Waals surface area (Å²) in [5, 5.41) is 20.6. The molecular formula is C11H23N5O. The van der Waals surface area contributed by atoms with E-state index in [1.54, 1.807) is 10.9 Å². The molecule has 0 saturated carbocycles. The first-order valence-corrected chi connectivity index (χ1v) is 6.21. The molecule has 0 fully saturated rings. The minimum absolute atomic E-state index is 0.314. The second kappa shape index (κ2) is 8.16. The molecule has 0 amide bonds. The number of likely N-dealkylation sites (N-methyl/N-ethyl adjacent to an activating group) is 1. The van der Waals surface area contributed by atoms with Crippen LogP contribution >= 0.6 is 0 Å². The lowest BCUT2D eigenvalue weighted by Gasteiger charge is -2.22. The maximum absolute atomic E-state index is 9.80. The highest BCUT2D eigenvalue weighted by Gasteiger charge is 2.07. The van der Waals surface area contributed by atoms with E-state index in [2.05, 4.69) is 34.4 Å². The van der Waals surface area contributed by atoms with Gasteiger partial charge in [0.15, 0.2) is 0 Å². The van der Waals surface area contributed by atoms with Gasteiger partial charge in [0, 0.05) is 25.8 Å². The molecule has 6 nitrogen and oxygen atoms in total. The standard InChI is InChI=1S/C11H23N5O/c1-3-15(4-2)10-11(17)9-12-5-7-16-8-6-13-14-16/h6,8,11-12,17H,3-5,7,9-10H2,1-2H3. The van der Waals surface area contributed by atoms with E-state index >= 15 is 0 Å². The van der Waals surface area contributed by atoms with Crippen LogP contribution in [0.3, 0.4) is 0 Å². The zero-order chi connectivity index (χ0) is 12.5. The van der Waals surface area contributed by atoms with Crippen LogP contribution in [0.15, 0.2) is 12.4 Å². The molecule has 0 saturated heterocycles. The quantitative estimate of drug-likeness (QED) is 0.574. The normalized spacial score (nSPS) is 13.2. The van der Waals surface area contributed by atoms with Crippen molar-refractivity contribution in [2.24, 2.45) is 0 Å². The molecule has 17 heavy (non-hydrogen) atoms. The second-order valence-corrected chi connectivity index (χ2v) is 4.01. The molecule has 98 valence electrons. The van der Waals surface area contributed by atoms with E-state index in [0.717, 1.165) is 32.7 Å². The van der Waals surface area contributed by atoms with Crippen molar-refractivity contribution in [1.29, 1.82) is 0 Å². The topological polar surface area (TPSA) is 66.2 Å². The lowest BCUT2D eigenvalue weighted by molar-refractivity contribution is 0.116.